The van der Waals surface area contributed by atoms with Gasteiger partial charge in [0, 0.05) is 37.8 Å². The Kier molecular flexibility index (Phi) is 6.26. The normalized spacial score (nSPS) is 24.3. The molecular weight excluding hydrogens is 384 g/mol. The fraction of sp³-hybridized carbons (Fsp3) is 0.519. The van der Waals surface area contributed by atoms with Gasteiger partial charge >= 0.3 is 0 Å². The van der Waals surface area contributed by atoms with Gasteiger partial charge in [0.15, 0.2) is 0 Å². The minimum Gasteiger partial charge on any atom is -0.490 e. The minimum atomic E-state index is 0.202. The van der Waals surface area contributed by atoms with Crippen LogP contribution >= 0.6 is 0 Å². The molecule has 0 unspecified atom stereocenters. The number of hydrogen-bond acceptors (Lipinski definition) is 3. The fourth-order valence-electron chi connectivity index (χ4n) is 5.60. The number of carbonyl (C=O) groups excluding carboxylic acids is 1. The van der Waals surface area contributed by atoms with E-state index in [1.54, 1.807) is 0 Å². The highest BCUT2D eigenvalue weighted by molar-refractivity contribution is 5.94. The summed E-state index contributed by atoms with van der Waals surface area (Å²) in [6, 6.07) is 19.1. The molecule has 2 aromatic rings. The highest BCUT2D eigenvalue weighted by Crippen LogP contribution is 2.36. The number of fused-ring (bicyclic) bond motifs is 2. The van der Waals surface area contributed by atoms with Crippen LogP contribution in [0.15, 0.2) is 54.6 Å². The number of likely N-dealkylation sites (tertiary alicyclic amines) is 2. The molecule has 0 N–H and O–H groups in total. The number of benzene rings is 2. The van der Waals surface area contributed by atoms with Crippen molar-refractivity contribution in [3.63, 3.8) is 0 Å². The lowest BCUT2D eigenvalue weighted by Crippen LogP contribution is -2.39. The fourth-order valence-corrected chi connectivity index (χ4v) is 5.60. The molecule has 2 atom stereocenters. The summed E-state index contributed by atoms with van der Waals surface area (Å²) < 4.78 is 6.24. The quantitative estimate of drug-likeness (QED) is 0.676. The van der Waals surface area contributed by atoms with Crippen molar-refractivity contribution in [1.29, 1.82) is 0 Å². The first kappa shape index (κ1) is 20.6. The van der Waals surface area contributed by atoms with Crippen LogP contribution in [0.3, 0.4) is 0 Å². The van der Waals surface area contributed by atoms with Crippen LogP contribution < -0.4 is 4.74 Å². The van der Waals surface area contributed by atoms with Gasteiger partial charge in [-0.15, -0.1) is 0 Å². The number of amides is 1. The highest BCUT2D eigenvalue weighted by atomic mass is 16.5. The van der Waals surface area contributed by atoms with E-state index in [1.165, 1.54) is 31.2 Å². The Hall–Kier alpha value is -2.33. The Morgan fingerprint density at radius 2 is 1.71 bits per heavy atom. The van der Waals surface area contributed by atoms with Crippen molar-refractivity contribution in [2.45, 2.75) is 57.1 Å². The zero-order chi connectivity index (χ0) is 21.0. The molecule has 2 saturated heterocycles. The third-order valence-corrected chi connectivity index (χ3v) is 7.41. The summed E-state index contributed by atoms with van der Waals surface area (Å²) in [7, 11) is 0. The van der Waals surface area contributed by atoms with Gasteiger partial charge in [0.05, 0.1) is 0 Å². The monoisotopic (exact) mass is 418 g/mol. The predicted octanol–water partition coefficient (Wildman–Crippen LogP) is 4.79. The SMILES string of the molecule is O=C(c1ccc(OC2CCN(CCc3ccccc3)CC2)cc1)N1C[C@@H]2CCC[C@H]1C2. The Bertz CT molecular complexity index is 859. The average Bonchev–Trinajstić information content (AvgIpc) is 3.12. The summed E-state index contributed by atoms with van der Waals surface area (Å²) in [6.07, 6.45) is 8.45. The van der Waals surface area contributed by atoms with E-state index in [4.69, 9.17) is 4.74 Å². The lowest BCUT2D eigenvalue weighted by atomic mass is 9.90. The van der Waals surface area contributed by atoms with Crippen LogP contribution in [0.1, 0.15) is 54.4 Å². The topological polar surface area (TPSA) is 32.8 Å². The number of carbonyl (C=O) groups is 1. The summed E-state index contributed by atoms with van der Waals surface area (Å²) in [5.74, 6) is 1.82. The van der Waals surface area contributed by atoms with Gasteiger partial charge in [0.25, 0.3) is 5.91 Å². The van der Waals surface area contributed by atoms with Gasteiger partial charge in [-0.05, 0) is 74.3 Å². The van der Waals surface area contributed by atoms with E-state index in [9.17, 15) is 4.79 Å². The maximum Gasteiger partial charge on any atom is 0.254 e. The average molecular weight is 419 g/mol. The van der Waals surface area contributed by atoms with Gasteiger partial charge < -0.3 is 14.5 Å². The van der Waals surface area contributed by atoms with Crippen LogP contribution in [0, 0.1) is 5.92 Å². The molecule has 3 aliphatic rings. The van der Waals surface area contributed by atoms with E-state index >= 15 is 0 Å². The Morgan fingerprint density at radius 1 is 0.935 bits per heavy atom. The molecule has 164 valence electrons. The van der Waals surface area contributed by atoms with E-state index in [0.29, 0.717) is 6.04 Å². The summed E-state index contributed by atoms with van der Waals surface area (Å²) in [6.45, 7) is 4.24. The minimum absolute atomic E-state index is 0.202. The number of rotatable bonds is 6. The Morgan fingerprint density at radius 3 is 2.45 bits per heavy atom. The van der Waals surface area contributed by atoms with Crippen LogP contribution in [-0.2, 0) is 6.42 Å². The van der Waals surface area contributed by atoms with Crippen molar-refractivity contribution in [3.8, 4) is 5.75 Å². The van der Waals surface area contributed by atoms with Gasteiger partial charge in [0.2, 0.25) is 0 Å². The molecule has 4 heteroatoms. The molecule has 1 aliphatic carbocycles. The lowest BCUT2D eigenvalue weighted by Gasteiger charge is -2.32. The molecule has 1 amide bonds. The van der Waals surface area contributed by atoms with Crippen molar-refractivity contribution >= 4 is 5.91 Å². The molecule has 0 aromatic heterocycles. The summed E-state index contributed by atoms with van der Waals surface area (Å²) >= 11 is 0. The van der Waals surface area contributed by atoms with Crippen molar-refractivity contribution in [3.05, 3.63) is 65.7 Å². The van der Waals surface area contributed by atoms with Crippen molar-refractivity contribution in [2.75, 3.05) is 26.2 Å². The standard InChI is InChI=1S/C27H34N2O2/c30-27(29-20-22-7-4-8-24(29)19-22)23-9-11-25(12-10-23)31-26-14-17-28(18-15-26)16-13-21-5-2-1-3-6-21/h1-3,5-6,9-12,22,24,26H,4,7-8,13-20H2/t22-,24+/m1/s1. The molecule has 0 radical (unpaired) electrons. The van der Waals surface area contributed by atoms with Crippen molar-refractivity contribution < 1.29 is 9.53 Å². The molecule has 2 aliphatic heterocycles. The van der Waals surface area contributed by atoms with Crippen LogP contribution in [0.2, 0.25) is 0 Å². The second-order valence-electron chi connectivity index (χ2n) is 9.56. The van der Waals surface area contributed by atoms with E-state index < -0.39 is 0 Å². The molecule has 31 heavy (non-hydrogen) atoms. The van der Waals surface area contributed by atoms with E-state index in [2.05, 4.69) is 40.1 Å². The number of piperidine rings is 1. The number of nitrogens with zero attached hydrogens (tertiary/aromatic N) is 2. The number of hydrogen-bond donors (Lipinski definition) is 0. The molecule has 5 rings (SSSR count). The van der Waals surface area contributed by atoms with Gasteiger partial charge in [-0.2, -0.15) is 0 Å². The van der Waals surface area contributed by atoms with Crippen LogP contribution in [0.4, 0.5) is 0 Å². The Balaban J connectivity index is 1.09. The first-order valence-electron chi connectivity index (χ1n) is 12.1. The molecule has 2 bridgehead atoms. The molecule has 2 aromatic carbocycles. The maximum absolute atomic E-state index is 13.0. The van der Waals surface area contributed by atoms with E-state index in [0.717, 1.165) is 62.7 Å². The van der Waals surface area contributed by atoms with Gasteiger partial charge in [-0.3, -0.25) is 4.79 Å². The maximum atomic E-state index is 13.0. The summed E-state index contributed by atoms with van der Waals surface area (Å²) in [5.41, 5.74) is 2.21. The first-order chi connectivity index (χ1) is 15.2. The second kappa shape index (κ2) is 9.44. The third kappa shape index (κ3) is 4.95. The van der Waals surface area contributed by atoms with Gasteiger partial charge in [-0.25, -0.2) is 0 Å². The van der Waals surface area contributed by atoms with E-state index in [1.807, 2.05) is 24.3 Å². The molecule has 4 nitrogen and oxygen atoms in total. The summed E-state index contributed by atoms with van der Waals surface area (Å²) in [4.78, 5) is 17.6. The van der Waals surface area contributed by atoms with Gasteiger partial charge in [0.1, 0.15) is 11.9 Å². The smallest absolute Gasteiger partial charge is 0.254 e. The first-order valence-corrected chi connectivity index (χ1v) is 12.1. The van der Waals surface area contributed by atoms with Crippen LogP contribution in [0.25, 0.3) is 0 Å². The zero-order valence-electron chi connectivity index (χ0n) is 18.4. The second-order valence-corrected chi connectivity index (χ2v) is 9.56. The molecule has 3 fully saturated rings. The molecule has 2 heterocycles. The van der Waals surface area contributed by atoms with Crippen LogP contribution in [-0.4, -0.2) is 54.0 Å². The third-order valence-electron chi connectivity index (χ3n) is 7.41. The molecule has 0 spiro atoms. The largest absolute Gasteiger partial charge is 0.490 e. The van der Waals surface area contributed by atoms with Gasteiger partial charge in [-0.1, -0.05) is 36.8 Å². The molecule has 1 saturated carbocycles. The van der Waals surface area contributed by atoms with Crippen molar-refractivity contribution in [2.24, 2.45) is 5.92 Å². The highest BCUT2D eigenvalue weighted by Gasteiger charge is 2.37. The lowest BCUT2D eigenvalue weighted by molar-refractivity contribution is 0.0733. The summed E-state index contributed by atoms with van der Waals surface area (Å²) in [5, 5.41) is 0. The number of ether oxygens (including phenoxy) is 1. The zero-order valence-corrected chi connectivity index (χ0v) is 18.4. The van der Waals surface area contributed by atoms with E-state index in [-0.39, 0.29) is 12.0 Å². The molecular formula is C27H34N2O2. The predicted molar refractivity (Wildman–Crippen MR) is 123 cm³/mol. The Labute approximate surface area is 186 Å². The van der Waals surface area contributed by atoms with Crippen molar-refractivity contribution in [1.82, 2.24) is 9.80 Å². The van der Waals surface area contributed by atoms with Crippen LogP contribution in [0.5, 0.6) is 5.75 Å².